The lowest BCUT2D eigenvalue weighted by molar-refractivity contribution is -0.121. The average molecular weight is 202 g/mol. The summed E-state index contributed by atoms with van der Waals surface area (Å²) in [7, 11) is 5.71. The monoisotopic (exact) mass is 202 g/mol. The molecule has 0 rings (SSSR count). The van der Waals surface area contributed by atoms with Gasteiger partial charge in [0.15, 0.2) is 0 Å². The van der Waals surface area contributed by atoms with Gasteiger partial charge in [-0.2, -0.15) is 0 Å². The number of likely N-dealkylation sites (N-methyl/N-ethyl adjacent to an activating group) is 3. The summed E-state index contributed by atoms with van der Waals surface area (Å²) < 4.78 is 0. The van der Waals surface area contributed by atoms with E-state index in [0.717, 1.165) is 19.6 Å². The molecule has 5 heteroatoms. The number of carbonyl (C=O) groups excluding carboxylic acids is 1. The lowest BCUT2D eigenvalue weighted by Crippen LogP contribution is -2.39. The Hall–Kier alpha value is -0.650. The van der Waals surface area contributed by atoms with Crippen LogP contribution in [0.2, 0.25) is 0 Å². The smallest absolute Gasteiger partial charge is 0.234 e. The summed E-state index contributed by atoms with van der Waals surface area (Å²) in [6.45, 7) is 3.75. The summed E-state index contributed by atoms with van der Waals surface area (Å²) in [6.07, 6.45) is 0. The molecule has 0 saturated heterocycles. The minimum Gasteiger partial charge on any atom is -0.354 e. The van der Waals surface area contributed by atoms with Crippen LogP contribution in [0.15, 0.2) is 0 Å². The lowest BCUT2D eigenvalue weighted by atomic mass is 10.4. The Morgan fingerprint density at radius 2 is 1.79 bits per heavy atom. The molecule has 0 aliphatic rings. The average Bonchev–Trinajstić information content (AvgIpc) is 2.15. The van der Waals surface area contributed by atoms with Crippen molar-refractivity contribution in [3.05, 3.63) is 0 Å². The van der Waals surface area contributed by atoms with Gasteiger partial charge in [0.1, 0.15) is 0 Å². The number of rotatable bonds is 8. The zero-order chi connectivity index (χ0) is 10.8. The maximum absolute atomic E-state index is 11.3. The van der Waals surface area contributed by atoms with Gasteiger partial charge in [0, 0.05) is 26.2 Å². The highest BCUT2D eigenvalue weighted by atomic mass is 16.2. The standard InChI is InChI=1S/C9H22N4O/c1-10-4-5-12-9(14)8-13(3)7-6-11-2/h10-11H,4-8H2,1-3H3,(H,12,14). The van der Waals surface area contributed by atoms with Crippen LogP contribution in [-0.2, 0) is 4.79 Å². The highest BCUT2D eigenvalue weighted by Gasteiger charge is 2.04. The van der Waals surface area contributed by atoms with Crippen molar-refractivity contribution < 1.29 is 4.79 Å². The van der Waals surface area contributed by atoms with E-state index in [-0.39, 0.29) is 5.91 Å². The zero-order valence-corrected chi connectivity index (χ0v) is 9.39. The van der Waals surface area contributed by atoms with Crippen molar-refractivity contribution in [1.82, 2.24) is 20.9 Å². The summed E-state index contributed by atoms with van der Waals surface area (Å²) in [4.78, 5) is 13.3. The topological polar surface area (TPSA) is 56.4 Å². The quantitative estimate of drug-likeness (QED) is 0.418. The summed E-state index contributed by atoms with van der Waals surface area (Å²) in [5.41, 5.74) is 0. The second-order valence-electron chi connectivity index (χ2n) is 3.29. The van der Waals surface area contributed by atoms with Crippen molar-refractivity contribution >= 4 is 5.91 Å². The highest BCUT2D eigenvalue weighted by Crippen LogP contribution is 1.79. The fourth-order valence-corrected chi connectivity index (χ4v) is 1.01. The third-order valence-electron chi connectivity index (χ3n) is 1.85. The van der Waals surface area contributed by atoms with Crippen LogP contribution < -0.4 is 16.0 Å². The van der Waals surface area contributed by atoms with E-state index in [1.807, 2.05) is 26.0 Å². The number of amides is 1. The lowest BCUT2D eigenvalue weighted by Gasteiger charge is -2.15. The number of carbonyl (C=O) groups is 1. The third kappa shape index (κ3) is 7.97. The number of hydrogen-bond donors (Lipinski definition) is 3. The van der Waals surface area contributed by atoms with Crippen molar-refractivity contribution in [3.8, 4) is 0 Å². The Morgan fingerprint density at radius 1 is 1.14 bits per heavy atom. The minimum absolute atomic E-state index is 0.0823. The van der Waals surface area contributed by atoms with E-state index in [9.17, 15) is 4.79 Å². The van der Waals surface area contributed by atoms with E-state index in [0.29, 0.717) is 13.1 Å². The van der Waals surface area contributed by atoms with Gasteiger partial charge in [-0.25, -0.2) is 0 Å². The van der Waals surface area contributed by atoms with Crippen molar-refractivity contribution in [2.75, 3.05) is 53.9 Å². The fourth-order valence-electron chi connectivity index (χ4n) is 1.01. The van der Waals surface area contributed by atoms with E-state index < -0.39 is 0 Å². The van der Waals surface area contributed by atoms with Crippen LogP contribution in [0.25, 0.3) is 0 Å². The molecular formula is C9H22N4O. The first-order valence-corrected chi connectivity index (χ1v) is 4.95. The molecule has 0 aromatic rings. The Bertz CT molecular complexity index is 152. The predicted molar refractivity (Wildman–Crippen MR) is 58.4 cm³/mol. The second-order valence-corrected chi connectivity index (χ2v) is 3.29. The van der Waals surface area contributed by atoms with Gasteiger partial charge >= 0.3 is 0 Å². The van der Waals surface area contributed by atoms with Gasteiger partial charge in [-0.1, -0.05) is 0 Å². The molecule has 0 aliphatic carbocycles. The molecule has 84 valence electrons. The van der Waals surface area contributed by atoms with Gasteiger partial charge < -0.3 is 16.0 Å². The summed E-state index contributed by atoms with van der Waals surface area (Å²) in [5.74, 6) is 0.0823. The number of nitrogens with zero attached hydrogens (tertiary/aromatic N) is 1. The second kappa shape index (κ2) is 8.93. The van der Waals surface area contributed by atoms with Gasteiger partial charge in [0.05, 0.1) is 6.54 Å². The molecule has 0 saturated carbocycles. The summed E-state index contributed by atoms with van der Waals surface area (Å²) >= 11 is 0. The van der Waals surface area contributed by atoms with Crippen LogP contribution in [0.1, 0.15) is 0 Å². The SMILES string of the molecule is CNCCNC(=O)CN(C)CCNC. The van der Waals surface area contributed by atoms with Gasteiger partial charge in [0.2, 0.25) is 5.91 Å². The number of hydrogen-bond acceptors (Lipinski definition) is 4. The van der Waals surface area contributed by atoms with E-state index in [1.165, 1.54) is 0 Å². The first kappa shape index (κ1) is 13.4. The maximum atomic E-state index is 11.3. The molecular weight excluding hydrogens is 180 g/mol. The highest BCUT2D eigenvalue weighted by molar-refractivity contribution is 5.77. The number of nitrogens with one attached hydrogen (secondary N) is 3. The molecule has 3 N–H and O–H groups in total. The third-order valence-corrected chi connectivity index (χ3v) is 1.85. The molecule has 0 spiro atoms. The van der Waals surface area contributed by atoms with Crippen LogP contribution in [0.4, 0.5) is 0 Å². The van der Waals surface area contributed by atoms with E-state index in [4.69, 9.17) is 0 Å². The predicted octanol–water partition coefficient (Wildman–Crippen LogP) is -1.53. The van der Waals surface area contributed by atoms with Gasteiger partial charge in [-0.05, 0) is 21.1 Å². The summed E-state index contributed by atoms with van der Waals surface area (Å²) in [5, 5.41) is 8.84. The Morgan fingerprint density at radius 3 is 2.36 bits per heavy atom. The van der Waals surface area contributed by atoms with Crippen LogP contribution in [-0.4, -0.2) is 64.7 Å². The van der Waals surface area contributed by atoms with Crippen LogP contribution in [0.5, 0.6) is 0 Å². The Kier molecular flexibility index (Phi) is 8.51. The molecule has 1 amide bonds. The van der Waals surface area contributed by atoms with E-state index in [2.05, 4.69) is 16.0 Å². The zero-order valence-electron chi connectivity index (χ0n) is 9.39. The molecule has 0 bridgehead atoms. The van der Waals surface area contributed by atoms with Crippen molar-refractivity contribution in [1.29, 1.82) is 0 Å². The largest absolute Gasteiger partial charge is 0.354 e. The van der Waals surface area contributed by atoms with E-state index >= 15 is 0 Å². The first-order valence-electron chi connectivity index (χ1n) is 4.95. The molecule has 0 fully saturated rings. The molecule has 14 heavy (non-hydrogen) atoms. The van der Waals surface area contributed by atoms with Gasteiger partial charge in [-0.15, -0.1) is 0 Å². The van der Waals surface area contributed by atoms with Crippen LogP contribution >= 0.6 is 0 Å². The maximum Gasteiger partial charge on any atom is 0.234 e. The van der Waals surface area contributed by atoms with Crippen molar-refractivity contribution in [2.45, 2.75) is 0 Å². The molecule has 0 aromatic carbocycles. The molecule has 0 radical (unpaired) electrons. The minimum atomic E-state index is 0.0823. The van der Waals surface area contributed by atoms with E-state index in [1.54, 1.807) is 0 Å². The van der Waals surface area contributed by atoms with Gasteiger partial charge in [-0.3, -0.25) is 9.69 Å². The molecule has 0 atom stereocenters. The van der Waals surface area contributed by atoms with Crippen molar-refractivity contribution in [2.24, 2.45) is 0 Å². The molecule has 5 nitrogen and oxygen atoms in total. The fraction of sp³-hybridized carbons (Fsp3) is 0.889. The van der Waals surface area contributed by atoms with Crippen molar-refractivity contribution in [3.63, 3.8) is 0 Å². The molecule has 0 aromatic heterocycles. The molecule has 0 heterocycles. The first-order chi connectivity index (χ1) is 6.70. The molecule has 0 unspecified atom stereocenters. The Balaban J connectivity index is 3.40. The molecule has 0 aliphatic heterocycles. The normalized spacial score (nSPS) is 10.6. The van der Waals surface area contributed by atoms with Crippen LogP contribution in [0.3, 0.4) is 0 Å². The van der Waals surface area contributed by atoms with Gasteiger partial charge in [0.25, 0.3) is 0 Å². The van der Waals surface area contributed by atoms with Crippen LogP contribution in [0, 0.1) is 0 Å². The Labute approximate surface area is 86.2 Å². The summed E-state index contributed by atoms with van der Waals surface area (Å²) in [6, 6.07) is 0.